The van der Waals surface area contributed by atoms with Gasteiger partial charge < -0.3 is 0 Å². The average molecular weight is 483 g/mol. The fourth-order valence-electron chi connectivity index (χ4n) is 5.88. The first-order valence-electron chi connectivity index (χ1n) is 11.3. The Balaban J connectivity index is 1.49. The van der Waals surface area contributed by atoms with Crippen molar-refractivity contribution in [2.45, 2.75) is 0 Å². The average Bonchev–Trinajstić information content (AvgIpc) is 3.50. The number of fused-ring (bicyclic) bond motifs is 5. The topological polar surface area (TPSA) is 80.5 Å². The van der Waals surface area contributed by atoms with Crippen LogP contribution in [0.5, 0.6) is 0 Å². The molecule has 0 aromatic heterocycles. The molecular weight excluding hydrogens is 464 g/mol. The molecule has 2 amide bonds. The van der Waals surface area contributed by atoms with E-state index in [2.05, 4.69) is 0 Å². The number of carbonyl (C=O) groups is 2. The van der Waals surface area contributed by atoms with Crippen LogP contribution < -0.4 is 4.90 Å². The molecule has 1 saturated heterocycles. The molecule has 3 aliphatic rings. The Kier molecular flexibility index (Phi) is 4.93. The number of amides is 2. The predicted octanol–water partition coefficient (Wildman–Crippen LogP) is 5.67. The van der Waals surface area contributed by atoms with E-state index in [1.54, 1.807) is 0 Å². The summed E-state index contributed by atoms with van der Waals surface area (Å²) in [5, 5.41) is 11.8. The molecule has 1 heterocycles. The molecular formula is C28H19ClN2O4. The van der Waals surface area contributed by atoms with Gasteiger partial charge in [-0.1, -0.05) is 84.4 Å². The van der Waals surface area contributed by atoms with Crippen molar-refractivity contribution in [2.75, 3.05) is 4.90 Å². The van der Waals surface area contributed by atoms with E-state index in [1.807, 2.05) is 72.8 Å². The molecule has 0 spiro atoms. The van der Waals surface area contributed by atoms with Gasteiger partial charge in [0.25, 0.3) is 5.69 Å². The Hall–Kier alpha value is -4.03. The van der Waals surface area contributed by atoms with Crippen LogP contribution in [-0.4, -0.2) is 16.7 Å². The molecule has 4 atom stereocenters. The highest BCUT2D eigenvalue weighted by molar-refractivity contribution is 6.31. The molecule has 2 aliphatic carbocycles. The molecule has 1 saturated carbocycles. The number of nitro groups is 1. The zero-order valence-electron chi connectivity index (χ0n) is 18.4. The Bertz CT molecular complexity index is 1370. The molecule has 35 heavy (non-hydrogen) atoms. The molecule has 7 heteroatoms. The third kappa shape index (κ3) is 3.17. The van der Waals surface area contributed by atoms with Gasteiger partial charge in [0.15, 0.2) is 0 Å². The summed E-state index contributed by atoms with van der Waals surface area (Å²) in [6, 6.07) is 24.0. The monoisotopic (exact) mass is 482 g/mol. The SMILES string of the molecule is O=C1C2C3C=CC(C3=C(c3ccccc3)c3ccccc3)C2C(=O)N1c1ccc(Cl)cc1[N+](=O)[O-]. The molecule has 3 aromatic rings. The zero-order chi connectivity index (χ0) is 24.3. The van der Waals surface area contributed by atoms with Crippen molar-refractivity contribution < 1.29 is 14.5 Å². The van der Waals surface area contributed by atoms with E-state index >= 15 is 0 Å². The number of imide groups is 1. The van der Waals surface area contributed by atoms with Gasteiger partial charge in [0.1, 0.15) is 5.69 Å². The number of hydrogen-bond donors (Lipinski definition) is 0. The van der Waals surface area contributed by atoms with Crippen LogP contribution in [0.3, 0.4) is 0 Å². The molecule has 4 unspecified atom stereocenters. The first-order valence-corrected chi connectivity index (χ1v) is 11.7. The standard InChI is InChI=1S/C28H19ClN2O4/c29-18-11-14-21(22(15-18)31(34)35)30-27(32)25-19-12-13-20(26(25)28(30)33)24(19)23(16-7-3-1-4-8-16)17-9-5-2-6-10-17/h1-15,19-20,25-26H. The summed E-state index contributed by atoms with van der Waals surface area (Å²) in [6.07, 6.45) is 4.02. The number of anilines is 1. The number of allylic oxidation sites excluding steroid dienone is 3. The zero-order valence-corrected chi connectivity index (χ0v) is 19.1. The first-order chi connectivity index (χ1) is 17.0. The van der Waals surface area contributed by atoms with Crippen LogP contribution in [0, 0.1) is 33.8 Å². The maximum atomic E-state index is 13.7. The number of halogens is 1. The molecule has 3 aromatic carbocycles. The molecule has 6 rings (SSSR count). The summed E-state index contributed by atoms with van der Waals surface area (Å²) in [5.41, 5.74) is 3.76. The van der Waals surface area contributed by atoms with Gasteiger partial charge in [0, 0.05) is 22.9 Å². The second-order valence-corrected chi connectivity index (χ2v) is 9.39. The van der Waals surface area contributed by atoms with Crippen molar-refractivity contribution in [2.24, 2.45) is 23.7 Å². The predicted molar refractivity (Wildman–Crippen MR) is 133 cm³/mol. The molecule has 172 valence electrons. The number of benzene rings is 3. The summed E-state index contributed by atoms with van der Waals surface area (Å²) < 4.78 is 0. The summed E-state index contributed by atoms with van der Waals surface area (Å²) in [7, 11) is 0. The quantitative estimate of drug-likeness (QED) is 0.207. The van der Waals surface area contributed by atoms with Crippen LogP contribution >= 0.6 is 11.6 Å². The maximum absolute atomic E-state index is 13.7. The normalized spacial score (nSPS) is 24.3. The third-order valence-corrected chi connectivity index (χ3v) is 7.44. The minimum Gasteiger partial charge on any atom is -0.274 e. The van der Waals surface area contributed by atoms with Gasteiger partial charge in [0.2, 0.25) is 11.8 Å². The minimum absolute atomic E-state index is 0.0277. The van der Waals surface area contributed by atoms with E-state index in [4.69, 9.17) is 11.6 Å². The Morgan fingerprint density at radius 1 is 0.800 bits per heavy atom. The van der Waals surface area contributed by atoms with Crippen molar-refractivity contribution >= 4 is 40.4 Å². The maximum Gasteiger partial charge on any atom is 0.294 e. The Labute approximate surface area is 206 Å². The van der Waals surface area contributed by atoms with Crippen molar-refractivity contribution in [3.05, 3.63) is 123 Å². The van der Waals surface area contributed by atoms with E-state index in [1.165, 1.54) is 18.2 Å². The lowest BCUT2D eigenvalue weighted by atomic mass is 9.85. The van der Waals surface area contributed by atoms with Gasteiger partial charge in [0.05, 0.1) is 16.8 Å². The molecule has 6 nitrogen and oxygen atoms in total. The van der Waals surface area contributed by atoms with E-state index < -0.39 is 28.6 Å². The highest BCUT2D eigenvalue weighted by Gasteiger charge is 2.63. The lowest BCUT2D eigenvalue weighted by Crippen LogP contribution is -2.33. The summed E-state index contributed by atoms with van der Waals surface area (Å²) in [5.74, 6) is -2.50. The van der Waals surface area contributed by atoms with Crippen molar-refractivity contribution in [3.63, 3.8) is 0 Å². The van der Waals surface area contributed by atoms with E-state index in [9.17, 15) is 19.7 Å². The van der Waals surface area contributed by atoms with E-state index in [0.29, 0.717) is 0 Å². The van der Waals surface area contributed by atoms with Gasteiger partial charge >= 0.3 is 0 Å². The Morgan fingerprint density at radius 3 is 1.80 bits per heavy atom. The summed E-state index contributed by atoms with van der Waals surface area (Å²) in [4.78, 5) is 39.4. The summed E-state index contributed by atoms with van der Waals surface area (Å²) in [6.45, 7) is 0. The van der Waals surface area contributed by atoms with Gasteiger partial charge in [-0.3, -0.25) is 19.7 Å². The smallest absolute Gasteiger partial charge is 0.274 e. The number of nitrogens with zero attached hydrogens (tertiary/aromatic N) is 2. The van der Waals surface area contributed by atoms with Crippen LogP contribution in [0.1, 0.15) is 11.1 Å². The fourth-order valence-corrected chi connectivity index (χ4v) is 6.04. The van der Waals surface area contributed by atoms with Crippen LogP contribution in [0.2, 0.25) is 5.02 Å². The highest BCUT2D eigenvalue weighted by Crippen LogP contribution is 2.59. The minimum atomic E-state index is -0.614. The largest absolute Gasteiger partial charge is 0.294 e. The molecule has 2 fully saturated rings. The fraction of sp³-hybridized carbons (Fsp3) is 0.143. The van der Waals surface area contributed by atoms with Crippen LogP contribution in [0.4, 0.5) is 11.4 Å². The number of nitro benzene ring substituents is 1. The summed E-state index contributed by atoms with van der Waals surface area (Å²) >= 11 is 5.95. The van der Waals surface area contributed by atoms with Gasteiger partial charge in [-0.25, -0.2) is 4.90 Å². The molecule has 2 bridgehead atoms. The van der Waals surface area contributed by atoms with Crippen molar-refractivity contribution in [3.8, 4) is 0 Å². The lowest BCUT2D eigenvalue weighted by molar-refractivity contribution is -0.384. The second kappa shape index (κ2) is 8.03. The lowest BCUT2D eigenvalue weighted by Gasteiger charge is -2.21. The van der Waals surface area contributed by atoms with E-state index in [-0.39, 0.29) is 28.2 Å². The van der Waals surface area contributed by atoms with Crippen molar-refractivity contribution in [1.82, 2.24) is 0 Å². The third-order valence-electron chi connectivity index (χ3n) is 7.20. The first kappa shape index (κ1) is 21.5. The van der Waals surface area contributed by atoms with Crippen LogP contribution in [0.25, 0.3) is 5.57 Å². The second-order valence-electron chi connectivity index (χ2n) is 8.95. The van der Waals surface area contributed by atoms with E-state index in [0.717, 1.165) is 27.2 Å². The van der Waals surface area contributed by atoms with Gasteiger partial charge in [-0.2, -0.15) is 0 Å². The molecule has 1 aliphatic heterocycles. The van der Waals surface area contributed by atoms with Gasteiger partial charge in [-0.05, 0) is 34.4 Å². The van der Waals surface area contributed by atoms with Crippen LogP contribution in [-0.2, 0) is 9.59 Å². The Morgan fingerprint density at radius 2 is 1.31 bits per heavy atom. The van der Waals surface area contributed by atoms with Gasteiger partial charge in [-0.15, -0.1) is 0 Å². The number of hydrogen-bond acceptors (Lipinski definition) is 4. The molecule has 0 radical (unpaired) electrons. The van der Waals surface area contributed by atoms with Crippen molar-refractivity contribution in [1.29, 1.82) is 0 Å². The number of carbonyl (C=O) groups excluding carboxylic acids is 2. The molecule has 0 N–H and O–H groups in total. The highest BCUT2D eigenvalue weighted by atomic mass is 35.5. The van der Waals surface area contributed by atoms with Crippen LogP contribution in [0.15, 0.2) is 96.6 Å². The number of rotatable bonds is 4.